The molecule has 1 nitrogen and oxygen atoms in total. The minimum atomic E-state index is 0.538. The molecule has 0 bridgehead atoms. The van der Waals surface area contributed by atoms with E-state index in [0.29, 0.717) is 10.7 Å². The van der Waals surface area contributed by atoms with Crippen LogP contribution in [0, 0.1) is 5.92 Å². The molecule has 0 aliphatic carbocycles. The van der Waals surface area contributed by atoms with Gasteiger partial charge in [-0.2, -0.15) is 0 Å². The molecular formula is C13H18BrClO. The summed E-state index contributed by atoms with van der Waals surface area (Å²) < 4.78 is 5.34. The van der Waals surface area contributed by atoms with E-state index in [1.54, 1.807) is 7.11 Å². The first kappa shape index (κ1) is 13.9. The normalized spacial score (nSPS) is 14.6. The van der Waals surface area contributed by atoms with Crippen LogP contribution in [0.5, 0.6) is 5.75 Å². The Bertz CT molecular complexity index is 341. The highest BCUT2D eigenvalue weighted by Gasteiger charge is 2.15. The third kappa shape index (κ3) is 3.67. The number of hydrogen-bond donors (Lipinski definition) is 0. The van der Waals surface area contributed by atoms with Crippen molar-refractivity contribution in [3.05, 3.63) is 28.8 Å². The highest BCUT2D eigenvalue weighted by molar-refractivity contribution is 9.09. The fourth-order valence-electron chi connectivity index (χ4n) is 1.78. The Morgan fingerprint density at radius 1 is 1.44 bits per heavy atom. The van der Waals surface area contributed by atoms with Crippen LogP contribution >= 0.6 is 27.5 Å². The fraction of sp³-hybridized carbons (Fsp3) is 0.538. The molecular weight excluding hydrogens is 287 g/mol. The molecule has 0 spiro atoms. The molecule has 0 N–H and O–H groups in total. The summed E-state index contributed by atoms with van der Waals surface area (Å²) in [5.74, 6) is 1.49. The van der Waals surface area contributed by atoms with Crippen molar-refractivity contribution in [1.82, 2.24) is 0 Å². The topological polar surface area (TPSA) is 9.23 Å². The maximum absolute atomic E-state index is 6.00. The van der Waals surface area contributed by atoms with Gasteiger partial charge in [0.05, 0.1) is 7.11 Å². The molecule has 0 aromatic heterocycles. The van der Waals surface area contributed by atoms with Crippen molar-refractivity contribution in [2.24, 2.45) is 5.92 Å². The van der Waals surface area contributed by atoms with E-state index in [-0.39, 0.29) is 0 Å². The largest absolute Gasteiger partial charge is 0.496 e. The molecule has 0 aliphatic heterocycles. The predicted octanol–water partition coefficient (Wildman–Crippen LogP) is 4.70. The SMILES string of the molecule is CCC(Br)C(C)Cc1cc(Cl)ccc1OC. The lowest BCUT2D eigenvalue weighted by atomic mass is 9.96. The number of rotatable bonds is 5. The average Bonchev–Trinajstić information content (AvgIpc) is 2.28. The molecule has 1 aromatic carbocycles. The zero-order valence-electron chi connectivity index (χ0n) is 9.97. The Morgan fingerprint density at radius 2 is 2.12 bits per heavy atom. The van der Waals surface area contributed by atoms with E-state index in [0.717, 1.165) is 23.6 Å². The molecule has 3 heteroatoms. The quantitative estimate of drug-likeness (QED) is 0.716. The van der Waals surface area contributed by atoms with E-state index < -0.39 is 0 Å². The molecule has 1 aromatic rings. The van der Waals surface area contributed by atoms with E-state index in [1.807, 2.05) is 18.2 Å². The van der Waals surface area contributed by atoms with Gasteiger partial charge in [-0.3, -0.25) is 0 Å². The summed E-state index contributed by atoms with van der Waals surface area (Å²) in [6.07, 6.45) is 2.11. The molecule has 0 saturated carbocycles. The Balaban J connectivity index is 2.82. The molecule has 2 unspecified atom stereocenters. The first-order valence-corrected chi connectivity index (χ1v) is 6.84. The smallest absolute Gasteiger partial charge is 0.122 e. The lowest BCUT2D eigenvalue weighted by molar-refractivity contribution is 0.404. The monoisotopic (exact) mass is 304 g/mol. The highest BCUT2D eigenvalue weighted by Crippen LogP contribution is 2.28. The van der Waals surface area contributed by atoms with Gasteiger partial charge in [0.25, 0.3) is 0 Å². The first-order valence-electron chi connectivity index (χ1n) is 5.55. The third-order valence-electron chi connectivity index (χ3n) is 2.79. The summed E-state index contributed by atoms with van der Waals surface area (Å²) in [5.41, 5.74) is 1.18. The van der Waals surface area contributed by atoms with Crippen molar-refractivity contribution in [2.75, 3.05) is 7.11 Å². The molecule has 0 heterocycles. The summed E-state index contributed by atoms with van der Waals surface area (Å²) in [6.45, 7) is 4.42. The second-order valence-electron chi connectivity index (χ2n) is 4.06. The summed E-state index contributed by atoms with van der Waals surface area (Å²) in [6, 6.07) is 5.78. The second kappa shape index (κ2) is 6.51. The Hall–Kier alpha value is -0.210. The maximum atomic E-state index is 6.00. The van der Waals surface area contributed by atoms with Gasteiger partial charge in [0.1, 0.15) is 5.75 Å². The Morgan fingerprint density at radius 3 is 2.69 bits per heavy atom. The van der Waals surface area contributed by atoms with Gasteiger partial charge < -0.3 is 4.74 Å². The lowest BCUT2D eigenvalue weighted by Crippen LogP contribution is -2.13. The van der Waals surface area contributed by atoms with Crippen LogP contribution in [0.4, 0.5) is 0 Å². The third-order valence-corrected chi connectivity index (χ3v) is 4.58. The summed E-state index contributed by atoms with van der Waals surface area (Å²) >= 11 is 9.69. The maximum Gasteiger partial charge on any atom is 0.122 e. The molecule has 16 heavy (non-hydrogen) atoms. The van der Waals surface area contributed by atoms with Gasteiger partial charge in [0.15, 0.2) is 0 Å². The van der Waals surface area contributed by atoms with Crippen LogP contribution in [-0.4, -0.2) is 11.9 Å². The van der Waals surface area contributed by atoms with Crippen LogP contribution in [0.1, 0.15) is 25.8 Å². The Kier molecular flexibility index (Phi) is 5.63. The molecule has 2 atom stereocenters. The zero-order chi connectivity index (χ0) is 12.1. The zero-order valence-corrected chi connectivity index (χ0v) is 12.3. The minimum absolute atomic E-state index is 0.538. The van der Waals surface area contributed by atoms with E-state index in [2.05, 4.69) is 29.8 Å². The van der Waals surface area contributed by atoms with Gasteiger partial charge in [0.2, 0.25) is 0 Å². The van der Waals surface area contributed by atoms with Gasteiger partial charge in [-0.1, -0.05) is 41.4 Å². The summed E-state index contributed by atoms with van der Waals surface area (Å²) in [5, 5.41) is 0.769. The van der Waals surface area contributed by atoms with E-state index in [4.69, 9.17) is 16.3 Å². The molecule has 0 aliphatic rings. The Labute approximate surface area is 111 Å². The number of halogens is 2. The molecule has 0 amide bonds. The highest BCUT2D eigenvalue weighted by atomic mass is 79.9. The first-order chi connectivity index (χ1) is 7.58. The number of benzene rings is 1. The molecule has 0 radical (unpaired) electrons. The van der Waals surface area contributed by atoms with Gasteiger partial charge in [-0.15, -0.1) is 0 Å². The average molecular weight is 306 g/mol. The number of ether oxygens (including phenoxy) is 1. The second-order valence-corrected chi connectivity index (χ2v) is 5.67. The molecule has 1 rings (SSSR count). The van der Waals surface area contributed by atoms with Crippen LogP contribution in [0.2, 0.25) is 5.02 Å². The molecule has 0 fully saturated rings. The van der Waals surface area contributed by atoms with Crippen LogP contribution in [0.25, 0.3) is 0 Å². The number of hydrogen-bond acceptors (Lipinski definition) is 1. The van der Waals surface area contributed by atoms with E-state index in [9.17, 15) is 0 Å². The van der Waals surface area contributed by atoms with Gasteiger partial charge >= 0.3 is 0 Å². The van der Waals surface area contributed by atoms with E-state index >= 15 is 0 Å². The van der Waals surface area contributed by atoms with Crippen molar-refractivity contribution in [3.8, 4) is 5.75 Å². The molecule has 0 saturated heterocycles. The predicted molar refractivity (Wildman–Crippen MR) is 73.9 cm³/mol. The summed E-state index contributed by atoms with van der Waals surface area (Å²) in [7, 11) is 1.70. The van der Waals surface area contributed by atoms with Crippen LogP contribution < -0.4 is 4.74 Å². The van der Waals surface area contributed by atoms with Crippen molar-refractivity contribution >= 4 is 27.5 Å². The summed E-state index contributed by atoms with van der Waals surface area (Å²) in [4.78, 5) is 0.538. The minimum Gasteiger partial charge on any atom is -0.496 e. The number of alkyl halides is 1. The lowest BCUT2D eigenvalue weighted by Gasteiger charge is -2.18. The van der Waals surface area contributed by atoms with Gasteiger partial charge in [0, 0.05) is 9.85 Å². The van der Waals surface area contributed by atoms with Crippen LogP contribution in [0.15, 0.2) is 18.2 Å². The standard InChI is InChI=1S/C13H18BrClO/c1-4-12(14)9(2)7-10-8-11(15)5-6-13(10)16-3/h5-6,8-9,12H,4,7H2,1-3H3. The van der Waals surface area contributed by atoms with Crippen molar-refractivity contribution < 1.29 is 4.74 Å². The van der Waals surface area contributed by atoms with Crippen LogP contribution in [-0.2, 0) is 6.42 Å². The molecule has 90 valence electrons. The fourth-order valence-corrected chi connectivity index (χ4v) is 2.17. The van der Waals surface area contributed by atoms with Crippen molar-refractivity contribution in [3.63, 3.8) is 0 Å². The van der Waals surface area contributed by atoms with Crippen LogP contribution in [0.3, 0.4) is 0 Å². The van der Waals surface area contributed by atoms with Crippen molar-refractivity contribution in [1.29, 1.82) is 0 Å². The van der Waals surface area contributed by atoms with Gasteiger partial charge in [-0.25, -0.2) is 0 Å². The van der Waals surface area contributed by atoms with E-state index in [1.165, 1.54) is 5.56 Å². The number of methoxy groups -OCH3 is 1. The van der Waals surface area contributed by atoms with Crippen molar-refractivity contribution in [2.45, 2.75) is 31.5 Å². The van der Waals surface area contributed by atoms with Gasteiger partial charge in [-0.05, 0) is 42.5 Å².